The van der Waals surface area contributed by atoms with Gasteiger partial charge in [-0.2, -0.15) is 0 Å². The predicted octanol–water partition coefficient (Wildman–Crippen LogP) is 3.68. The van der Waals surface area contributed by atoms with Crippen LogP contribution in [0.3, 0.4) is 0 Å². The summed E-state index contributed by atoms with van der Waals surface area (Å²) in [7, 11) is 0. The molecule has 0 amide bonds. The Morgan fingerprint density at radius 1 is 0.821 bits per heavy atom. The first-order chi connectivity index (χ1) is 13.6. The highest BCUT2D eigenvalue weighted by atomic mass is 16.6. The maximum Gasteiger partial charge on any atom is 0.141 e. The van der Waals surface area contributed by atoms with Crippen LogP contribution < -0.4 is 0 Å². The molecule has 0 saturated heterocycles. The van der Waals surface area contributed by atoms with E-state index in [1.54, 1.807) is 0 Å². The standard InChI is InChI=1S/C22H24N4O2/c1-14(12-27-25-19-10-8-17-6-4-15(2)23-21(17)19)13-28-26-20-11-9-18-7-5-16(3)24-22(18)20/h4-7H,1,8-13H2,2-3H3. The van der Waals surface area contributed by atoms with Gasteiger partial charge in [-0.15, -0.1) is 0 Å². The highest BCUT2D eigenvalue weighted by molar-refractivity contribution is 6.03. The van der Waals surface area contributed by atoms with Crippen LogP contribution in [-0.4, -0.2) is 34.6 Å². The number of rotatable bonds is 6. The van der Waals surface area contributed by atoms with E-state index in [9.17, 15) is 0 Å². The van der Waals surface area contributed by atoms with Crippen molar-refractivity contribution in [3.05, 3.63) is 70.3 Å². The summed E-state index contributed by atoms with van der Waals surface area (Å²) in [6.45, 7) is 8.54. The quantitative estimate of drug-likeness (QED) is 0.570. The fourth-order valence-electron chi connectivity index (χ4n) is 3.44. The zero-order valence-corrected chi connectivity index (χ0v) is 16.4. The molecule has 2 aliphatic carbocycles. The lowest BCUT2D eigenvalue weighted by molar-refractivity contribution is 0.128. The van der Waals surface area contributed by atoms with Crippen molar-refractivity contribution in [2.45, 2.75) is 39.5 Å². The van der Waals surface area contributed by atoms with Gasteiger partial charge in [0, 0.05) is 17.0 Å². The van der Waals surface area contributed by atoms with Gasteiger partial charge in [-0.25, -0.2) is 0 Å². The van der Waals surface area contributed by atoms with Gasteiger partial charge in [0.05, 0.1) is 11.4 Å². The third-order valence-electron chi connectivity index (χ3n) is 4.93. The lowest BCUT2D eigenvalue weighted by Gasteiger charge is -2.06. The van der Waals surface area contributed by atoms with Crippen molar-refractivity contribution in [3.63, 3.8) is 0 Å². The molecule has 2 heterocycles. The number of nitrogens with zero attached hydrogens (tertiary/aromatic N) is 4. The van der Waals surface area contributed by atoms with Crippen LogP contribution in [0.4, 0.5) is 0 Å². The van der Waals surface area contributed by atoms with Crippen LogP contribution in [0.1, 0.15) is 46.7 Å². The van der Waals surface area contributed by atoms with E-state index >= 15 is 0 Å². The summed E-state index contributed by atoms with van der Waals surface area (Å²) < 4.78 is 0. The van der Waals surface area contributed by atoms with Gasteiger partial charge < -0.3 is 9.68 Å². The summed E-state index contributed by atoms with van der Waals surface area (Å²) in [6.07, 6.45) is 3.63. The Morgan fingerprint density at radius 2 is 1.29 bits per heavy atom. The maximum absolute atomic E-state index is 5.48. The van der Waals surface area contributed by atoms with Crippen LogP contribution in [0.15, 0.2) is 46.7 Å². The molecule has 0 fully saturated rings. The Kier molecular flexibility index (Phi) is 5.19. The van der Waals surface area contributed by atoms with E-state index in [1.807, 2.05) is 26.0 Å². The van der Waals surface area contributed by atoms with Crippen molar-refractivity contribution < 1.29 is 9.68 Å². The Balaban J connectivity index is 1.28. The van der Waals surface area contributed by atoms with E-state index in [2.05, 4.69) is 39.0 Å². The largest absolute Gasteiger partial charge is 0.391 e. The first-order valence-electron chi connectivity index (χ1n) is 9.58. The molecule has 0 radical (unpaired) electrons. The summed E-state index contributed by atoms with van der Waals surface area (Å²) in [5, 5.41) is 8.53. The Hall–Kier alpha value is -3.02. The molecule has 0 atom stereocenters. The highest BCUT2D eigenvalue weighted by Crippen LogP contribution is 2.22. The average molecular weight is 376 g/mol. The Labute approximate surface area is 165 Å². The SMILES string of the molecule is C=C(CON=C1CCc2ccc(C)nc21)CON=C1CCc2ccc(C)nc21. The zero-order valence-electron chi connectivity index (χ0n) is 16.4. The van der Waals surface area contributed by atoms with Gasteiger partial charge in [0.1, 0.15) is 24.6 Å². The molecule has 0 saturated carbocycles. The molecule has 0 N–H and O–H groups in total. The summed E-state index contributed by atoms with van der Waals surface area (Å²) in [5.41, 5.74) is 8.92. The molecule has 2 aromatic rings. The summed E-state index contributed by atoms with van der Waals surface area (Å²) >= 11 is 0. The zero-order chi connectivity index (χ0) is 19.5. The van der Waals surface area contributed by atoms with E-state index in [0.717, 1.165) is 65.5 Å². The van der Waals surface area contributed by atoms with Gasteiger partial charge in [-0.3, -0.25) is 9.97 Å². The molecule has 0 unspecified atom stereocenters. The number of fused-ring (bicyclic) bond motifs is 2. The van der Waals surface area contributed by atoms with Gasteiger partial charge in [0.25, 0.3) is 0 Å². The normalized spacial score (nSPS) is 17.6. The number of hydrogen-bond acceptors (Lipinski definition) is 6. The first kappa shape index (κ1) is 18.3. The number of aryl methyl sites for hydroxylation is 4. The smallest absolute Gasteiger partial charge is 0.141 e. The summed E-state index contributed by atoms with van der Waals surface area (Å²) in [6, 6.07) is 8.29. The van der Waals surface area contributed by atoms with Crippen molar-refractivity contribution in [2.75, 3.05) is 13.2 Å². The lowest BCUT2D eigenvalue weighted by Crippen LogP contribution is -2.05. The van der Waals surface area contributed by atoms with Gasteiger partial charge >= 0.3 is 0 Å². The number of aromatic nitrogens is 2. The van der Waals surface area contributed by atoms with Crippen LogP contribution in [-0.2, 0) is 22.5 Å². The van der Waals surface area contributed by atoms with Crippen LogP contribution in [0.5, 0.6) is 0 Å². The maximum atomic E-state index is 5.48. The second kappa shape index (κ2) is 7.92. The summed E-state index contributed by atoms with van der Waals surface area (Å²) in [5.74, 6) is 0. The molecular formula is C22H24N4O2. The second-order valence-corrected chi connectivity index (χ2v) is 7.29. The molecule has 6 nitrogen and oxygen atoms in total. The van der Waals surface area contributed by atoms with E-state index in [-0.39, 0.29) is 0 Å². The van der Waals surface area contributed by atoms with Crippen LogP contribution in [0.2, 0.25) is 0 Å². The first-order valence-corrected chi connectivity index (χ1v) is 9.58. The molecule has 2 aliphatic rings. The molecular weight excluding hydrogens is 352 g/mol. The van der Waals surface area contributed by atoms with Gasteiger partial charge in [0.2, 0.25) is 0 Å². The average Bonchev–Trinajstić information content (AvgIpc) is 3.26. The third kappa shape index (κ3) is 3.96. The van der Waals surface area contributed by atoms with Crippen molar-refractivity contribution in [1.29, 1.82) is 0 Å². The van der Waals surface area contributed by atoms with Crippen LogP contribution in [0.25, 0.3) is 0 Å². The van der Waals surface area contributed by atoms with Crippen molar-refractivity contribution in [1.82, 2.24) is 9.97 Å². The molecule has 28 heavy (non-hydrogen) atoms. The highest BCUT2D eigenvalue weighted by Gasteiger charge is 2.21. The second-order valence-electron chi connectivity index (χ2n) is 7.29. The summed E-state index contributed by atoms with van der Waals surface area (Å²) in [4.78, 5) is 20.1. The van der Waals surface area contributed by atoms with Gasteiger partial charge in [0.15, 0.2) is 0 Å². The van der Waals surface area contributed by atoms with Crippen molar-refractivity contribution in [3.8, 4) is 0 Å². The monoisotopic (exact) mass is 376 g/mol. The molecule has 0 aromatic carbocycles. The van der Waals surface area contributed by atoms with E-state index in [1.165, 1.54) is 11.1 Å². The fraction of sp³-hybridized carbons (Fsp3) is 0.364. The molecule has 0 bridgehead atoms. The molecule has 0 aliphatic heterocycles. The Bertz CT molecular complexity index is 901. The Morgan fingerprint density at radius 3 is 1.75 bits per heavy atom. The topological polar surface area (TPSA) is 69.0 Å². The van der Waals surface area contributed by atoms with Crippen LogP contribution in [0, 0.1) is 13.8 Å². The minimum atomic E-state index is 0.295. The third-order valence-corrected chi connectivity index (χ3v) is 4.93. The predicted molar refractivity (Wildman–Crippen MR) is 109 cm³/mol. The van der Waals surface area contributed by atoms with Crippen molar-refractivity contribution in [2.24, 2.45) is 10.3 Å². The molecule has 6 heteroatoms. The lowest BCUT2D eigenvalue weighted by atomic mass is 10.2. The molecule has 4 rings (SSSR count). The van der Waals surface area contributed by atoms with Gasteiger partial charge in [-0.1, -0.05) is 29.0 Å². The molecule has 0 spiro atoms. The number of hydrogen-bond donors (Lipinski definition) is 0. The number of oxime groups is 2. The number of pyridine rings is 2. The van der Waals surface area contributed by atoms with Crippen LogP contribution >= 0.6 is 0 Å². The molecule has 144 valence electrons. The fourth-order valence-corrected chi connectivity index (χ4v) is 3.44. The van der Waals surface area contributed by atoms with Gasteiger partial charge in [-0.05, 0) is 62.8 Å². The minimum absolute atomic E-state index is 0.295. The van der Waals surface area contributed by atoms with E-state index in [0.29, 0.717) is 13.2 Å². The van der Waals surface area contributed by atoms with E-state index < -0.39 is 0 Å². The van der Waals surface area contributed by atoms with Crippen molar-refractivity contribution >= 4 is 11.4 Å². The molecule has 2 aromatic heterocycles. The van der Waals surface area contributed by atoms with E-state index in [4.69, 9.17) is 9.68 Å². The minimum Gasteiger partial charge on any atom is -0.391 e.